The second kappa shape index (κ2) is 6.50. The molecule has 2 aromatic carbocycles. The normalized spacial score (nSPS) is 11.2. The average molecular weight is 354 g/mol. The third kappa shape index (κ3) is 3.44. The molecule has 126 valence electrons. The van der Waals surface area contributed by atoms with Crippen molar-refractivity contribution in [3.8, 4) is 0 Å². The fraction of sp³-hybridized carbons (Fsp3) is 0.118. The van der Waals surface area contributed by atoms with Gasteiger partial charge in [-0.15, -0.1) is 11.3 Å². The van der Waals surface area contributed by atoms with Crippen LogP contribution in [0.5, 0.6) is 0 Å². The Labute approximate surface area is 145 Å². The lowest BCUT2D eigenvalue weighted by Crippen LogP contribution is -2.18. The van der Waals surface area contributed by atoms with Crippen LogP contribution in [0.4, 0.5) is 5.69 Å². The van der Waals surface area contributed by atoms with Gasteiger partial charge in [0.05, 0.1) is 27.9 Å². The summed E-state index contributed by atoms with van der Waals surface area (Å²) in [5, 5.41) is 3.57. The number of aromatic nitrogens is 3. The maximum absolute atomic E-state index is 12.0. The number of thiazole rings is 1. The summed E-state index contributed by atoms with van der Waals surface area (Å²) in [6, 6.07) is 13.0. The summed E-state index contributed by atoms with van der Waals surface area (Å²) in [4.78, 5) is 33.0. The Morgan fingerprint density at radius 3 is 2.88 bits per heavy atom. The van der Waals surface area contributed by atoms with Crippen molar-refractivity contribution in [1.29, 1.82) is 0 Å². The Hall–Kier alpha value is -2.97. The van der Waals surface area contributed by atoms with Crippen LogP contribution < -0.4 is 11.0 Å². The van der Waals surface area contributed by atoms with E-state index in [1.807, 2.05) is 24.3 Å². The van der Waals surface area contributed by atoms with Crippen molar-refractivity contribution in [2.75, 3.05) is 11.9 Å². The summed E-state index contributed by atoms with van der Waals surface area (Å²) in [5.74, 6) is -0.265. The van der Waals surface area contributed by atoms with Crippen LogP contribution in [0.15, 0.2) is 47.3 Å². The number of rotatable bonds is 5. The number of carbonyl (C=O) groups is 1. The maximum Gasteiger partial charge on any atom is 0.323 e. The van der Waals surface area contributed by atoms with Crippen LogP contribution in [0, 0.1) is 0 Å². The molecule has 0 aliphatic rings. The Morgan fingerprint density at radius 1 is 1.16 bits per heavy atom. The third-order valence-corrected chi connectivity index (χ3v) is 4.61. The van der Waals surface area contributed by atoms with Crippen LogP contribution in [0.1, 0.15) is 5.01 Å². The van der Waals surface area contributed by atoms with Crippen molar-refractivity contribution in [3.05, 3.63) is 58.0 Å². The number of amides is 1. The number of aromatic amines is 2. The highest BCUT2D eigenvalue weighted by Crippen LogP contribution is 2.22. The van der Waals surface area contributed by atoms with E-state index in [1.54, 1.807) is 29.5 Å². The molecule has 0 bridgehead atoms. The van der Waals surface area contributed by atoms with Crippen LogP contribution >= 0.6 is 11.3 Å². The number of para-hydroxylation sites is 1. The van der Waals surface area contributed by atoms with Gasteiger partial charge in [0.2, 0.25) is 5.91 Å². The quantitative estimate of drug-likeness (QED) is 0.513. The van der Waals surface area contributed by atoms with Gasteiger partial charge in [-0.2, -0.15) is 0 Å². The van der Waals surface area contributed by atoms with Gasteiger partial charge in [-0.25, -0.2) is 9.78 Å². The number of hydrogen-bond donors (Lipinski definition) is 3. The molecule has 0 saturated heterocycles. The Morgan fingerprint density at radius 2 is 2.00 bits per heavy atom. The van der Waals surface area contributed by atoms with Gasteiger partial charge in [-0.3, -0.25) is 4.79 Å². The number of hydrogen-bond acceptors (Lipinski definition) is 5. The molecular formula is C17H14N4O3S. The number of benzene rings is 2. The van der Waals surface area contributed by atoms with E-state index in [0.717, 1.165) is 15.2 Å². The monoisotopic (exact) mass is 354 g/mol. The second-order valence-corrected chi connectivity index (χ2v) is 6.57. The first-order valence-electron chi connectivity index (χ1n) is 7.61. The molecule has 0 atom stereocenters. The zero-order valence-electron chi connectivity index (χ0n) is 13.0. The maximum atomic E-state index is 12.0. The smallest absolute Gasteiger partial charge is 0.323 e. The Kier molecular flexibility index (Phi) is 4.04. The van der Waals surface area contributed by atoms with Crippen molar-refractivity contribution in [2.45, 2.75) is 6.61 Å². The number of nitrogens with zero attached hydrogens (tertiary/aromatic N) is 1. The average Bonchev–Trinajstić information content (AvgIpc) is 3.16. The van der Waals surface area contributed by atoms with Crippen molar-refractivity contribution >= 4 is 44.2 Å². The molecule has 0 aliphatic carbocycles. The first-order chi connectivity index (χ1) is 12.2. The lowest BCUT2D eigenvalue weighted by atomic mass is 10.3. The van der Waals surface area contributed by atoms with E-state index < -0.39 is 0 Å². The minimum absolute atomic E-state index is 0.0718. The van der Waals surface area contributed by atoms with Gasteiger partial charge in [0.25, 0.3) is 0 Å². The van der Waals surface area contributed by atoms with Gasteiger partial charge in [0.1, 0.15) is 11.6 Å². The molecule has 4 rings (SSSR count). The van der Waals surface area contributed by atoms with Gasteiger partial charge in [0, 0.05) is 5.69 Å². The SMILES string of the molecule is O=C(COCc1nc2ccccc2s1)Nc1ccc2[nH]c(=O)[nH]c2c1. The molecule has 0 unspecified atom stereocenters. The molecule has 3 N–H and O–H groups in total. The number of imidazole rings is 1. The third-order valence-electron chi connectivity index (χ3n) is 3.60. The van der Waals surface area contributed by atoms with E-state index >= 15 is 0 Å². The molecule has 0 saturated carbocycles. The van der Waals surface area contributed by atoms with E-state index in [9.17, 15) is 9.59 Å². The molecule has 7 nitrogen and oxygen atoms in total. The molecule has 8 heteroatoms. The standard InChI is InChI=1S/C17H14N4O3S/c22-15(18-10-5-6-11-13(7-10)21-17(23)20-11)8-24-9-16-19-12-3-1-2-4-14(12)25-16/h1-7H,8-9H2,(H,18,22)(H2,20,21,23). The minimum atomic E-state index is -0.280. The predicted molar refractivity (Wildman–Crippen MR) is 96.8 cm³/mol. The van der Waals surface area contributed by atoms with Crippen molar-refractivity contribution in [1.82, 2.24) is 15.0 Å². The molecule has 1 amide bonds. The zero-order valence-corrected chi connectivity index (χ0v) is 13.9. The number of anilines is 1. The number of nitrogens with one attached hydrogen (secondary N) is 3. The summed E-state index contributed by atoms with van der Waals surface area (Å²) in [6.45, 7) is 0.217. The minimum Gasteiger partial charge on any atom is -0.364 e. The van der Waals surface area contributed by atoms with Crippen molar-refractivity contribution < 1.29 is 9.53 Å². The van der Waals surface area contributed by atoms with E-state index in [-0.39, 0.29) is 24.8 Å². The second-order valence-electron chi connectivity index (χ2n) is 5.46. The van der Waals surface area contributed by atoms with E-state index in [4.69, 9.17) is 4.74 Å². The molecule has 2 aromatic heterocycles. The first kappa shape index (κ1) is 15.6. The molecule has 0 spiro atoms. The van der Waals surface area contributed by atoms with Crippen molar-refractivity contribution in [2.24, 2.45) is 0 Å². The number of fused-ring (bicyclic) bond motifs is 2. The van der Waals surface area contributed by atoms with Crippen LogP contribution in [-0.2, 0) is 16.1 Å². The molecular weight excluding hydrogens is 340 g/mol. The molecule has 0 fully saturated rings. The highest BCUT2D eigenvalue weighted by Gasteiger charge is 2.07. The van der Waals surface area contributed by atoms with E-state index in [1.165, 1.54) is 0 Å². The summed E-state index contributed by atoms with van der Waals surface area (Å²) in [6.07, 6.45) is 0. The Bertz CT molecular complexity index is 1080. The van der Waals surface area contributed by atoms with E-state index in [0.29, 0.717) is 16.7 Å². The van der Waals surface area contributed by atoms with Crippen molar-refractivity contribution in [3.63, 3.8) is 0 Å². The Balaban J connectivity index is 1.34. The lowest BCUT2D eigenvalue weighted by molar-refractivity contribution is -0.121. The summed E-state index contributed by atoms with van der Waals surface area (Å²) in [7, 11) is 0. The fourth-order valence-corrected chi connectivity index (χ4v) is 3.43. The molecule has 0 aliphatic heterocycles. The molecule has 0 radical (unpaired) electrons. The topological polar surface area (TPSA) is 99.9 Å². The molecule has 25 heavy (non-hydrogen) atoms. The highest BCUT2D eigenvalue weighted by molar-refractivity contribution is 7.18. The number of H-pyrrole nitrogens is 2. The van der Waals surface area contributed by atoms with Gasteiger partial charge >= 0.3 is 5.69 Å². The first-order valence-corrected chi connectivity index (χ1v) is 8.43. The molecule has 4 aromatic rings. The number of carbonyl (C=O) groups excluding carboxylic acids is 1. The van der Waals surface area contributed by atoms with E-state index in [2.05, 4.69) is 20.3 Å². The lowest BCUT2D eigenvalue weighted by Gasteiger charge is -2.05. The van der Waals surface area contributed by atoms with Gasteiger partial charge in [0.15, 0.2) is 0 Å². The van der Waals surface area contributed by atoms with Gasteiger partial charge in [-0.1, -0.05) is 12.1 Å². The summed E-state index contributed by atoms with van der Waals surface area (Å²) < 4.78 is 6.54. The fourth-order valence-electron chi connectivity index (χ4n) is 2.52. The van der Waals surface area contributed by atoms with Crippen LogP contribution in [-0.4, -0.2) is 27.5 Å². The summed E-state index contributed by atoms with van der Waals surface area (Å²) in [5.41, 5.74) is 2.58. The highest BCUT2D eigenvalue weighted by atomic mass is 32.1. The van der Waals surface area contributed by atoms with Gasteiger partial charge in [-0.05, 0) is 30.3 Å². The largest absolute Gasteiger partial charge is 0.364 e. The number of ether oxygens (including phenoxy) is 1. The van der Waals surface area contributed by atoms with Crippen LogP contribution in [0.3, 0.4) is 0 Å². The van der Waals surface area contributed by atoms with Gasteiger partial charge < -0.3 is 20.0 Å². The predicted octanol–water partition coefficient (Wildman–Crippen LogP) is 2.62. The van der Waals surface area contributed by atoms with Crippen LogP contribution in [0.2, 0.25) is 0 Å². The summed E-state index contributed by atoms with van der Waals surface area (Å²) >= 11 is 1.55. The van der Waals surface area contributed by atoms with Crippen LogP contribution in [0.25, 0.3) is 21.3 Å². The molecule has 2 heterocycles. The zero-order chi connectivity index (χ0) is 17.2.